The quantitative estimate of drug-likeness (QED) is 0.523. The van der Waals surface area contributed by atoms with Crippen LogP contribution in [-0.4, -0.2) is 13.3 Å². The maximum atomic E-state index is 11.6. The fourth-order valence-corrected chi connectivity index (χ4v) is 1.13. The van der Waals surface area contributed by atoms with Gasteiger partial charge in [0, 0.05) is 0 Å². The van der Waals surface area contributed by atoms with E-state index in [1.165, 1.54) is 5.56 Å². The third kappa shape index (κ3) is 3.49. The van der Waals surface area contributed by atoms with Crippen LogP contribution in [0, 0.1) is 0 Å². The molecule has 0 bridgehead atoms. The highest BCUT2D eigenvalue weighted by Gasteiger charge is 1.90. The van der Waals surface area contributed by atoms with E-state index >= 15 is 0 Å². The Balaban J connectivity index is 2.16. The summed E-state index contributed by atoms with van der Waals surface area (Å²) in [4.78, 5) is 0. The Bertz CT molecular complexity index is 198. The second kappa shape index (κ2) is 5.72. The van der Waals surface area contributed by atoms with Gasteiger partial charge in [0.2, 0.25) is 0 Å². The third-order valence-electron chi connectivity index (χ3n) is 1.76. The summed E-state index contributed by atoms with van der Waals surface area (Å²) in [7, 11) is 0. The van der Waals surface area contributed by atoms with Gasteiger partial charge in [0.25, 0.3) is 0 Å². The van der Waals surface area contributed by atoms with Gasteiger partial charge in [-0.1, -0.05) is 30.3 Å². The zero-order chi connectivity index (χ0) is 8.65. The van der Waals surface area contributed by atoms with Crippen LogP contribution in [0.1, 0.15) is 12.0 Å². The second-order valence-corrected chi connectivity index (χ2v) is 2.72. The van der Waals surface area contributed by atoms with Gasteiger partial charge >= 0.3 is 0 Å². The van der Waals surface area contributed by atoms with Crippen molar-refractivity contribution >= 4 is 0 Å². The van der Waals surface area contributed by atoms with Gasteiger partial charge < -0.3 is 0 Å². The molecule has 0 aromatic heterocycles. The summed E-state index contributed by atoms with van der Waals surface area (Å²) in [6.07, 6.45) is 2.02. The molecule has 0 aliphatic carbocycles. The molecule has 0 atom stereocenters. The van der Waals surface area contributed by atoms with Gasteiger partial charge in [-0.05, 0) is 24.9 Å². The molecule has 0 heterocycles. The lowest BCUT2D eigenvalue weighted by molar-refractivity contribution is 0.423. The molecule has 1 rings (SSSR count). The van der Waals surface area contributed by atoms with Gasteiger partial charge in [-0.2, -0.15) is 0 Å². The SMILES string of the molecule is FCNCCCc1ccccc1. The predicted octanol–water partition coefficient (Wildman–Crippen LogP) is 2.14. The van der Waals surface area contributed by atoms with Crippen LogP contribution in [0.4, 0.5) is 4.39 Å². The van der Waals surface area contributed by atoms with Crippen LogP contribution in [0.2, 0.25) is 0 Å². The Morgan fingerprint density at radius 2 is 1.92 bits per heavy atom. The summed E-state index contributed by atoms with van der Waals surface area (Å²) >= 11 is 0. The Morgan fingerprint density at radius 3 is 2.58 bits per heavy atom. The molecule has 2 heteroatoms. The molecule has 12 heavy (non-hydrogen) atoms. The summed E-state index contributed by atoms with van der Waals surface area (Å²) in [5.41, 5.74) is 1.32. The van der Waals surface area contributed by atoms with E-state index in [1.54, 1.807) is 0 Å². The lowest BCUT2D eigenvalue weighted by Crippen LogP contribution is -2.13. The Hall–Kier alpha value is -0.890. The number of benzene rings is 1. The minimum absolute atomic E-state index is 0.422. The Kier molecular flexibility index (Phi) is 4.39. The van der Waals surface area contributed by atoms with Gasteiger partial charge in [0.15, 0.2) is 0 Å². The molecule has 1 aromatic carbocycles. The predicted molar refractivity (Wildman–Crippen MR) is 48.7 cm³/mol. The summed E-state index contributed by atoms with van der Waals surface area (Å²) in [5, 5.41) is 2.65. The largest absolute Gasteiger partial charge is 0.290 e. The van der Waals surface area contributed by atoms with Crippen LogP contribution >= 0.6 is 0 Å². The van der Waals surface area contributed by atoms with Crippen molar-refractivity contribution < 1.29 is 4.39 Å². The van der Waals surface area contributed by atoms with Crippen LogP contribution in [0.3, 0.4) is 0 Å². The van der Waals surface area contributed by atoms with Crippen molar-refractivity contribution in [2.75, 3.05) is 13.3 Å². The van der Waals surface area contributed by atoms with Crippen molar-refractivity contribution in [2.45, 2.75) is 12.8 Å². The minimum Gasteiger partial charge on any atom is -0.290 e. The van der Waals surface area contributed by atoms with E-state index in [-0.39, 0.29) is 0 Å². The van der Waals surface area contributed by atoms with Crippen molar-refractivity contribution in [3.05, 3.63) is 35.9 Å². The highest BCUT2D eigenvalue weighted by molar-refractivity contribution is 5.14. The molecule has 0 saturated carbocycles. The summed E-state index contributed by atoms with van der Waals surface area (Å²) in [6, 6.07) is 10.2. The minimum atomic E-state index is -0.422. The van der Waals surface area contributed by atoms with Crippen LogP contribution in [0.5, 0.6) is 0 Å². The number of alkyl halides is 1. The lowest BCUT2D eigenvalue weighted by Gasteiger charge is -2.00. The number of rotatable bonds is 5. The highest BCUT2D eigenvalue weighted by Crippen LogP contribution is 2.00. The van der Waals surface area contributed by atoms with Crippen LogP contribution < -0.4 is 5.32 Å². The molecule has 0 aliphatic heterocycles. The summed E-state index contributed by atoms with van der Waals surface area (Å²) in [6.45, 7) is 0.334. The topological polar surface area (TPSA) is 12.0 Å². The first kappa shape index (κ1) is 9.20. The second-order valence-electron chi connectivity index (χ2n) is 2.72. The van der Waals surface area contributed by atoms with E-state index in [2.05, 4.69) is 17.4 Å². The average molecular weight is 167 g/mol. The van der Waals surface area contributed by atoms with Crippen molar-refractivity contribution in [1.82, 2.24) is 5.32 Å². The molecule has 0 unspecified atom stereocenters. The van der Waals surface area contributed by atoms with E-state index in [0.29, 0.717) is 0 Å². The van der Waals surface area contributed by atoms with Gasteiger partial charge in [-0.15, -0.1) is 0 Å². The van der Waals surface area contributed by atoms with Gasteiger partial charge in [-0.3, -0.25) is 5.32 Å². The molecular weight excluding hydrogens is 153 g/mol. The zero-order valence-electron chi connectivity index (χ0n) is 7.09. The monoisotopic (exact) mass is 167 g/mol. The van der Waals surface area contributed by atoms with Crippen LogP contribution in [-0.2, 0) is 6.42 Å². The molecule has 1 nitrogen and oxygen atoms in total. The maximum absolute atomic E-state index is 11.6. The van der Waals surface area contributed by atoms with Gasteiger partial charge in [0.05, 0.1) is 0 Å². The fraction of sp³-hybridized carbons (Fsp3) is 0.400. The Morgan fingerprint density at radius 1 is 1.17 bits per heavy atom. The molecule has 1 aromatic rings. The smallest absolute Gasteiger partial charge is 0.140 e. The van der Waals surface area contributed by atoms with Crippen LogP contribution in [0.15, 0.2) is 30.3 Å². The van der Waals surface area contributed by atoms with Crippen molar-refractivity contribution in [1.29, 1.82) is 0 Å². The molecule has 66 valence electrons. The van der Waals surface area contributed by atoms with Gasteiger partial charge in [0.1, 0.15) is 6.80 Å². The number of hydrogen-bond donors (Lipinski definition) is 1. The Labute approximate surface area is 72.6 Å². The van der Waals surface area contributed by atoms with E-state index in [4.69, 9.17) is 0 Å². The molecule has 0 aliphatic rings. The van der Waals surface area contributed by atoms with Crippen molar-refractivity contribution in [3.8, 4) is 0 Å². The van der Waals surface area contributed by atoms with E-state index in [0.717, 1.165) is 19.4 Å². The third-order valence-corrected chi connectivity index (χ3v) is 1.76. The molecule has 0 fully saturated rings. The normalized spacial score (nSPS) is 10.1. The van der Waals surface area contributed by atoms with E-state index in [1.807, 2.05) is 18.2 Å². The number of aryl methyl sites for hydroxylation is 1. The van der Waals surface area contributed by atoms with Crippen molar-refractivity contribution in [3.63, 3.8) is 0 Å². The molecule has 0 saturated heterocycles. The maximum Gasteiger partial charge on any atom is 0.140 e. The molecule has 0 amide bonds. The molecular formula is C10H14FN. The summed E-state index contributed by atoms with van der Waals surface area (Å²) < 4.78 is 11.6. The molecule has 0 spiro atoms. The van der Waals surface area contributed by atoms with Crippen LogP contribution in [0.25, 0.3) is 0 Å². The van der Waals surface area contributed by atoms with Gasteiger partial charge in [-0.25, -0.2) is 4.39 Å². The molecule has 0 radical (unpaired) electrons. The van der Waals surface area contributed by atoms with E-state index in [9.17, 15) is 4.39 Å². The first-order chi connectivity index (χ1) is 5.93. The first-order valence-electron chi connectivity index (χ1n) is 4.24. The molecule has 1 N–H and O–H groups in total. The zero-order valence-corrected chi connectivity index (χ0v) is 7.09. The first-order valence-corrected chi connectivity index (χ1v) is 4.24. The average Bonchev–Trinajstić information content (AvgIpc) is 2.14. The number of halogens is 1. The van der Waals surface area contributed by atoms with E-state index < -0.39 is 6.80 Å². The van der Waals surface area contributed by atoms with Crippen molar-refractivity contribution in [2.24, 2.45) is 0 Å². The number of hydrogen-bond acceptors (Lipinski definition) is 1. The lowest BCUT2D eigenvalue weighted by atomic mass is 10.1. The fourth-order valence-electron chi connectivity index (χ4n) is 1.13. The summed E-state index contributed by atoms with van der Waals surface area (Å²) in [5.74, 6) is 0. The highest BCUT2D eigenvalue weighted by atomic mass is 19.1. The number of nitrogens with one attached hydrogen (secondary N) is 1. The standard InChI is InChI=1S/C10H14FN/c11-9-12-8-4-7-10-5-2-1-3-6-10/h1-3,5-6,12H,4,7-9H2.